The number of quaternary nitrogens is 1. The van der Waals surface area contributed by atoms with E-state index in [1.807, 2.05) is 21.1 Å². The molecule has 0 saturated heterocycles. The summed E-state index contributed by atoms with van der Waals surface area (Å²) in [6, 6.07) is 0. The van der Waals surface area contributed by atoms with Crippen molar-refractivity contribution in [1.82, 2.24) is 0 Å². The molecule has 0 spiro atoms. The SMILES string of the molecule is CCCCCCC/C=C\C/C=C\CCCCCCCCCCCCCCCCCCCCCCCCCCCC(=O)OC(COC(=O)CCCCCCCCCCCCC/C=C\CCCCCCCCCC)COC(OCC[N+](C)(C)C)C(=O)[O-]. The minimum absolute atomic E-state index is 0.150. The predicted molar refractivity (Wildman–Crippen MR) is 362 cm³/mol. The third-order valence-electron chi connectivity index (χ3n) is 16.9. The van der Waals surface area contributed by atoms with Crippen LogP contribution >= 0.6 is 0 Å². The number of carboxylic acid groups (broad SMARTS) is 1. The van der Waals surface area contributed by atoms with E-state index in [1.165, 1.54) is 302 Å². The summed E-state index contributed by atoms with van der Waals surface area (Å²) in [7, 11) is 5.95. The molecule has 0 aromatic heterocycles. The Hall–Kier alpha value is -2.49. The molecule has 0 fully saturated rings. The highest BCUT2D eigenvalue weighted by molar-refractivity contribution is 5.70. The molecule has 0 aromatic carbocycles. The first-order valence-electron chi connectivity index (χ1n) is 37.1. The number of carboxylic acids is 1. The molecule has 0 rings (SSSR count). The predicted octanol–water partition coefficient (Wildman–Crippen LogP) is 21.8. The maximum atomic E-state index is 12.9. The third-order valence-corrected chi connectivity index (χ3v) is 16.9. The fourth-order valence-electron chi connectivity index (χ4n) is 11.2. The van der Waals surface area contributed by atoms with Crippen LogP contribution in [0.25, 0.3) is 0 Å². The third kappa shape index (κ3) is 68.9. The van der Waals surface area contributed by atoms with Crippen LogP contribution in [0.3, 0.4) is 0 Å². The van der Waals surface area contributed by atoms with Gasteiger partial charge >= 0.3 is 11.9 Å². The zero-order valence-electron chi connectivity index (χ0n) is 57.3. The molecule has 0 aliphatic carbocycles. The van der Waals surface area contributed by atoms with Crippen LogP contribution < -0.4 is 5.11 Å². The Kier molecular flexibility index (Phi) is 65.5. The molecule has 0 heterocycles. The molecule has 0 radical (unpaired) electrons. The number of ether oxygens (including phenoxy) is 4. The highest BCUT2D eigenvalue weighted by Gasteiger charge is 2.22. The van der Waals surface area contributed by atoms with Gasteiger partial charge in [0.15, 0.2) is 12.4 Å². The second-order valence-corrected chi connectivity index (χ2v) is 26.6. The van der Waals surface area contributed by atoms with Gasteiger partial charge in [0, 0.05) is 12.8 Å². The number of nitrogens with zero attached hydrogens (tertiary/aromatic N) is 1. The normalized spacial score (nSPS) is 12.8. The van der Waals surface area contributed by atoms with Crippen LogP contribution in [0.15, 0.2) is 36.5 Å². The van der Waals surface area contributed by atoms with Gasteiger partial charge in [-0.3, -0.25) is 9.59 Å². The van der Waals surface area contributed by atoms with Crippen molar-refractivity contribution in [2.24, 2.45) is 0 Å². The van der Waals surface area contributed by atoms with Crippen molar-refractivity contribution in [3.05, 3.63) is 36.5 Å². The molecule has 0 aliphatic rings. The molecule has 85 heavy (non-hydrogen) atoms. The van der Waals surface area contributed by atoms with Gasteiger partial charge in [0.1, 0.15) is 13.2 Å². The summed E-state index contributed by atoms with van der Waals surface area (Å²) < 4.78 is 22.8. The Morgan fingerprint density at radius 3 is 0.941 bits per heavy atom. The van der Waals surface area contributed by atoms with Crippen molar-refractivity contribution >= 4 is 17.9 Å². The number of esters is 2. The van der Waals surface area contributed by atoms with Gasteiger partial charge in [-0.05, 0) is 70.6 Å². The molecule has 9 nitrogen and oxygen atoms in total. The molecule has 2 atom stereocenters. The molecule has 0 bridgehead atoms. The van der Waals surface area contributed by atoms with Crippen molar-refractivity contribution in [1.29, 1.82) is 0 Å². The zero-order chi connectivity index (χ0) is 61.9. The number of likely N-dealkylation sites (N-methyl/N-ethyl adjacent to an activating group) is 1. The monoisotopic (exact) mass is 1200 g/mol. The summed E-state index contributed by atoms with van der Waals surface area (Å²) in [5, 5.41) is 11.8. The summed E-state index contributed by atoms with van der Waals surface area (Å²) in [5.41, 5.74) is 0. The van der Waals surface area contributed by atoms with E-state index in [0.29, 0.717) is 17.4 Å². The summed E-state index contributed by atoms with van der Waals surface area (Å²) in [4.78, 5) is 37.5. The van der Waals surface area contributed by atoms with Gasteiger partial charge in [0.2, 0.25) is 0 Å². The summed E-state index contributed by atoms with van der Waals surface area (Å²) in [6.07, 6.45) is 82.5. The van der Waals surface area contributed by atoms with E-state index in [9.17, 15) is 19.5 Å². The van der Waals surface area contributed by atoms with Crippen molar-refractivity contribution in [3.63, 3.8) is 0 Å². The number of hydrogen-bond donors (Lipinski definition) is 0. The Labute approximate surface area is 528 Å². The fraction of sp³-hybridized carbons (Fsp3) is 0.882. The molecule has 0 aliphatic heterocycles. The number of aliphatic carboxylic acids is 1. The van der Waals surface area contributed by atoms with Crippen LogP contribution in [-0.2, 0) is 33.3 Å². The molecule has 2 unspecified atom stereocenters. The summed E-state index contributed by atoms with van der Waals surface area (Å²) >= 11 is 0. The molecular formula is C76H143NO8. The molecular weight excluding hydrogens is 1050 g/mol. The average Bonchev–Trinajstić information content (AvgIpc) is 3.48. The second kappa shape index (κ2) is 67.4. The van der Waals surface area contributed by atoms with Gasteiger partial charge in [0.05, 0.1) is 40.3 Å². The van der Waals surface area contributed by atoms with E-state index in [-0.39, 0.29) is 32.2 Å². The maximum absolute atomic E-state index is 12.9. The Morgan fingerprint density at radius 1 is 0.353 bits per heavy atom. The van der Waals surface area contributed by atoms with Crippen LogP contribution in [0, 0.1) is 0 Å². The topological polar surface area (TPSA) is 111 Å². The van der Waals surface area contributed by atoms with Crippen LogP contribution in [0.2, 0.25) is 0 Å². The lowest BCUT2D eigenvalue weighted by Gasteiger charge is -2.26. The molecule has 0 amide bonds. The highest BCUT2D eigenvalue weighted by Crippen LogP contribution is 2.19. The smallest absolute Gasteiger partial charge is 0.306 e. The van der Waals surface area contributed by atoms with Crippen LogP contribution in [0.4, 0.5) is 0 Å². The van der Waals surface area contributed by atoms with E-state index in [4.69, 9.17) is 18.9 Å². The zero-order valence-corrected chi connectivity index (χ0v) is 57.3. The van der Waals surface area contributed by atoms with Gasteiger partial charge < -0.3 is 33.3 Å². The summed E-state index contributed by atoms with van der Waals surface area (Å²) in [5.74, 6) is -2.25. The molecule has 0 aromatic rings. The lowest BCUT2D eigenvalue weighted by molar-refractivity contribution is -0.870. The van der Waals surface area contributed by atoms with E-state index in [1.54, 1.807) is 0 Å². The number of rotatable bonds is 70. The lowest BCUT2D eigenvalue weighted by atomic mass is 10.0. The minimum atomic E-state index is -1.62. The second-order valence-electron chi connectivity index (χ2n) is 26.6. The van der Waals surface area contributed by atoms with Crippen molar-refractivity contribution in [3.8, 4) is 0 Å². The molecule has 0 N–H and O–H groups in total. The van der Waals surface area contributed by atoms with E-state index in [2.05, 4.69) is 50.3 Å². The van der Waals surface area contributed by atoms with Gasteiger partial charge in [-0.15, -0.1) is 0 Å². The average molecular weight is 1200 g/mol. The maximum Gasteiger partial charge on any atom is 0.306 e. The lowest BCUT2D eigenvalue weighted by Crippen LogP contribution is -2.44. The van der Waals surface area contributed by atoms with Crippen LogP contribution in [-0.4, -0.2) is 82.3 Å². The van der Waals surface area contributed by atoms with Gasteiger partial charge in [-0.2, -0.15) is 0 Å². The van der Waals surface area contributed by atoms with Gasteiger partial charge in [0.25, 0.3) is 0 Å². The molecule has 0 saturated carbocycles. The summed E-state index contributed by atoms with van der Waals surface area (Å²) in [6.45, 7) is 4.80. The van der Waals surface area contributed by atoms with Crippen molar-refractivity contribution in [2.75, 3.05) is 47.5 Å². The van der Waals surface area contributed by atoms with E-state index >= 15 is 0 Å². The standard InChI is InChI=1S/C76H143NO8/c1-6-8-10-12-14-16-18-20-22-24-26-28-30-31-32-33-34-35-36-37-38-39-40-41-42-43-45-47-49-51-53-55-57-59-61-63-65-67-74(79)85-72(71-84-76(75(80)81)82-69-68-77(3,4)5)70-83-73(78)66-64-62-60-58-56-54-52-50-48-46-44-29-27-25-23-21-19-17-15-13-11-9-7-2/h18,20,24-27,72,76H,6-17,19,21-23,28-71H2,1-5H3/b20-18-,26-24-,27-25-. The number of carbonyl (C=O) groups is 3. The minimum Gasteiger partial charge on any atom is -0.545 e. The largest absolute Gasteiger partial charge is 0.545 e. The number of allylic oxidation sites excluding steroid dienone is 6. The first-order chi connectivity index (χ1) is 41.6. The first kappa shape index (κ1) is 82.5. The Bertz CT molecular complexity index is 1490. The Morgan fingerprint density at radius 2 is 0.635 bits per heavy atom. The van der Waals surface area contributed by atoms with E-state index in [0.717, 1.165) is 44.9 Å². The number of unbranched alkanes of at least 4 members (excludes halogenated alkanes) is 49. The van der Waals surface area contributed by atoms with Crippen LogP contribution in [0.1, 0.15) is 373 Å². The Balaban J connectivity index is 3.99. The van der Waals surface area contributed by atoms with Gasteiger partial charge in [-0.25, -0.2) is 0 Å². The molecule has 500 valence electrons. The van der Waals surface area contributed by atoms with E-state index < -0.39 is 24.3 Å². The highest BCUT2D eigenvalue weighted by atomic mass is 16.7. The molecule has 9 heteroatoms. The fourth-order valence-corrected chi connectivity index (χ4v) is 11.2. The van der Waals surface area contributed by atoms with Crippen molar-refractivity contribution in [2.45, 2.75) is 386 Å². The van der Waals surface area contributed by atoms with Gasteiger partial charge in [-0.1, -0.05) is 326 Å². The number of hydrogen-bond acceptors (Lipinski definition) is 8. The number of carbonyl (C=O) groups excluding carboxylic acids is 3. The van der Waals surface area contributed by atoms with Crippen LogP contribution in [0.5, 0.6) is 0 Å². The van der Waals surface area contributed by atoms with Crippen molar-refractivity contribution < 1.29 is 42.9 Å². The first-order valence-corrected chi connectivity index (χ1v) is 37.1. The quantitative estimate of drug-likeness (QED) is 0.0195.